The van der Waals surface area contributed by atoms with E-state index in [1.165, 1.54) is 10.9 Å². The van der Waals surface area contributed by atoms with E-state index in [4.69, 9.17) is 0 Å². The summed E-state index contributed by atoms with van der Waals surface area (Å²) in [6, 6.07) is 4.12. The van der Waals surface area contributed by atoms with E-state index in [1.54, 1.807) is 0 Å². The third kappa shape index (κ3) is 1.32. The van der Waals surface area contributed by atoms with E-state index in [2.05, 4.69) is 35.7 Å². The van der Waals surface area contributed by atoms with Crippen LogP contribution in [-0.2, 0) is 6.54 Å². The molecule has 2 aromatic rings. The number of rotatable bonds is 2. The Labute approximate surface area is 78.2 Å². The fraction of sp³-hybridized carbons (Fsp3) is 0.364. The molecular weight excluding hydrogens is 160 g/mol. The van der Waals surface area contributed by atoms with Crippen molar-refractivity contribution in [3.63, 3.8) is 0 Å². The van der Waals surface area contributed by atoms with Crippen LogP contribution in [0.1, 0.15) is 18.9 Å². The fourth-order valence-electron chi connectivity index (χ4n) is 1.71. The summed E-state index contributed by atoms with van der Waals surface area (Å²) < 4.78 is 2.23. The summed E-state index contributed by atoms with van der Waals surface area (Å²) >= 11 is 0. The van der Waals surface area contributed by atoms with Gasteiger partial charge in [0.2, 0.25) is 0 Å². The third-order valence-corrected chi connectivity index (χ3v) is 2.30. The van der Waals surface area contributed by atoms with Gasteiger partial charge in [0.1, 0.15) is 5.65 Å². The van der Waals surface area contributed by atoms with Crippen LogP contribution in [0.25, 0.3) is 11.0 Å². The molecule has 2 rings (SSSR count). The van der Waals surface area contributed by atoms with E-state index in [1.807, 2.05) is 12.3 Å². The molecule has 0 aliphatic carbocycles. The van der Waals surface area contributed by atoms with Gasteiger partial charge < -0.3 is 4.57 Å². The Hall–Kier alpha value is -1.31. The van der Waals surface area contributed by atoms with Gasteiger partial charge in [0, 0.05) is 24.3 Å². The standard InChI is InChI=1S/C11H14N2/c1-3-7-13-8-9(2)10-5-4-6-12-11(10)13/h4-6,8H,3,7H2,1-2H3. The molecule has 0 spiro atoms. The van der Waals surface area contributed by atoms with Crippen molar-refractivity contribution in [2.75, 3.05) is 0 Å². The number of pyridine rings is 1. The minimum Gasteiger partial charge on any atom is -0.332 e. The second-order valence-electron chi connectivity index (χ2n) is 3.38. The average Bonchev–Trinajstić information content (AvgIpc) is 2.46. The van der Waals surface area contributed by atoms with Crippen LogP contribution in [0, 0.1) is 6.92 Å². The molecule has 0 saturated carbocycles. The van der Waals surface area contributed by atoms with Crippen molar-refractivity contribution in [1.82, 2.24) is 9.55 Å². The molecule has 2 heterocycles. The molecule has 2 heteroatoms. The Balaban J connectivity index is 2.63. The lowest BCUT2D eigenvalue weighted by Crippen LogP contribution is -1.94. The SMILES string of the molecule is CCCn1cc(C)c2cccnc21. The van der Waals surface area contributed by atoms with Gasteiger partial charge >= 0.3 is 0 Å². The molecule has 2 nitrogen and oxygen atoms in total. The van der Waals surface area contributed by atoms with Gasteiger partial charge in [-0.25, -0.2) is 4.98 Å². The smallest absolute Gasteiger partial charge is 0.140 e. The average molecular weight is 174 g/mol. The predicted octanol–water partition coefficient (Wildman–Crippen LogP) is 2.75. The molecule has 0 radical (unpaired) electrons. The third-order valence-electron chi connectivity index (χ3n) is 2.30. The summed E-state index contributed by atoms with van der Waals surface area (Å²) in [5.41, 5.74) is 2.43. The van der Waals surface area contributed by atoms with E-state index >= 15 is 0 Å². The topological polar surface area (TPSA) is 17.8 Å². The zero-order valence-electron chi connectivity index (χ0n) is 8.12. The second kappa shape index (κ2) is 3.21. The summed E-state index contributed by atoms with van der Waals surface area (Å²) in [5.74, 6) is 0. The number of hydrogen-bond acceptors (Lipinski definition) is 1. The molecule has 0 N–H and O–H groups in total. The minimum absolute atomic E-state index is 1.06. The lowest BCUT2D eigenvalue weighted by molar-refractivity contribution is 0.696. The molecular formula is C11H14N2. The molecule has 0 aliphatic heterocycles. The number of nitrogens with zero attached hydrogens (tertiary/aromatic N) is 2. The molecule has 13 heavy (non-hydrogen) atoms. The van der Waals surface area contributed by atoms with Gasteiger partial charge in [-0.15, -0.1) is 0 Å². The Morgan fingerprint density at radius 3 is 3.08 bits per heavy atom. The maximum absolute atomic E-state index is 4.38. The van der Waals surface area contributed by atoms with Crippen LogP contribution in [-0.4, -0.2) is 9.55 Å². The number of aromatic nitrogens is 2. The molecule has 0 atom stereocenters. The first kappa shape index (κ1) is 8.30. The van der Waals surface area contributed by atoms with Crippen LogP contribution >= 0.6 is 0 Å². The molecule has 0 fully saturated rings. The fourth-order valence-corrected chi connectivity index (χ4v) is 1.71. The van der Waals surface area contributed by atoms with Crippen molar-refractivity contribution in [1.29, 1.82) is 0 Å². The summed E-state index contributed by atoms with van der Waals surface area (Å²) in [6.07, 6.45) is 5.19. The summed E-state index contributed by atoms with van der Waals surface area (Å²) in [7, 11) is 0. The second-order valence-corrected chi connectivity index (χ2v) is 3.38. The van der Waals surface area contributed by atoms with Crippen molar-refractivity contribution in [3.05, 3.63) is 30.1 Å². The van der Waals surface area contributed by atoms with E-state index in [9.17, 15) is 0 Å². The maximum Gasteiger partial charge on any atom is 0.140 e. The summed E-state index contributed by atoms with van der Waals surface area (Å²) in [6.45, 7) is 5.38. The van der Waals surface area contributed by atoms with Crippen molar-refractivity contribution < 1.29 is 0 Å². The monoisotopic (exact) mass is 174 g/mol. The molecule has 0 unspecified atom stereocenters. The van der Waals surface area contributed by atoms with E-state index in [0.29, 0.717) is 0 Å². The van der Waals surface area contributed by atoms with Gasteiger partial charge in [-0.05, 0) is 31.0 Å². The molecule has 0 bridgehead atoms. The molecule has 0 aliphatic rings. The van der Waals surface area contributed by atoms with Crippen molar-refractivity contribution in [2.24, 2.45) is 0 Å². The quantitative estimate of drug-likeness (QED) is 0.684. The highest BCUT2D eigenvalue weighted by Crippen LogP contribution is 2.18. The lowest BCUT2D eigenvalue weighted by Gasteiger charge is -1.99. The molecule has 0 saturated heterocycles. The van der Waals surface area contributed by atoms with Crippen molar-refractivity contribution in [3.8, 4) is 0 Å². The molecule has 0 aromatic carbocycles. The normalized spacial score (nSPS) is 10.9. The predicted molar refractivity (Wildman–Crippen MR) is 54.8 cm³/mol. The van der Waals surface area contributed by atoms with Crippen LogP contribution in [0.5, 0.6) is 0 Å². The minimum atomic E-state index is 1.06. The highest BCUT2D eigenvalue weighted by molar-refractivity contribution is 5.79. The highest BCUT2D eigenvalue weighted by Gasteiger charge is 2.03. The Kier molecular flexibility index (Phi) is 2.05. The first-order valence-corrected chi connectivity index (χ1v) is 4.73. The Bertz CT molecular complexity index is 415. The van der Waals surface area contributed by atoms with Gasteiger partial charge in [0.15, 0.2) is 0 Å². The maximum atomic E-state index is 4.38. The molecule has 0 amide bonds. The van der Waals surface area contributed by atoms with Crippen LogP contribution in [0.2, 0.25) is 0 Å². The lowest BCUT2D eigenvalue weighted by atomic mass is 10.2. The van der Waals surface area contributed by atoms with Crippen LogP contribution in [0.15, 0.2) is 24.5 Å². The van der Waals surface area contributed by atoms with E-state index < -0.39 is 0 Å². The van der Waals surface area contributed by atoms with E-state index in [-0.39, 0.29) is 0 Å². The first-order chi connectivity index (χ1) is 6.33. The first-order valence-electron chi connectivity index (χ1n) is 4.73. The molecule has 68 valence electrons. The van der Waals surface area contributed by atoms with E-state index in [0.717, 1.165) is 18.6 Å². The summed E-state index contributed by atoms with van der Waals surface area (Å²) in [4.78, 5) is 4.38. The van der Waals surface area contributed by atoms with Crippen molar-refractivity contribution >= 4 is 11.0 Å². The number of aryl methyl sites for hydroxylation is 2. The van der Waals surface area contributed by atoms with Crippen LogP contribution in [0.4, 0.5) is 0 Å². The van der Waals surface area contributed by atoms with Crippen LogP contribution in [0.3, 0.4) is 0 Å². The van der Waals surface area contributed by atoms with Crippen LogP contribution < -0.4 is 0 Å². The molecule has 2 aromatic heterocycles. The summed E-state index contributed by atoms with van der Waals surface area (Å²) in [5, 5.41) is 1.27. The van der Waals surface area contributed by atoms with Gasteiger partial charge in [0.25, 0.3) is 0 Å². The van der Waals surface area contributed by atoms with Gasteiger partial charge in [-0.2, -0.15) is 0 Å². The zero-order valence-corrected chi connectivity index (χ0v) is 8.12. The highest BCUT2D eigenvalue weighted by atomic mass is 15.0. The Morgan fingerprint density at radius 1 is 1.46 bits per heavy atom. The van der Waals surface area contributed by atoms with Gasteiger partial charge in [-0.1, -0.05) is 6.92 Å². The van der Waals surface area contributed by atoms with Crippen molar-refractivity contribution in [2.45, 2.75) is 26.8 Å². The Morgan fingerprint density at radius 2 is 2.31 bits per heavy atom. The van der Waals surface area contributed by atoms with Gasteiger partial charge in [0.05, 0.1) is 0 Å². The number of fused-ring (bicyclic) bond motifs is 1. The number of hydrogen-bond donors (Lipinski definition) is 0. The zero-order chi connectivity index (χ0) is 9.26. The largest absolute Gasteiger partial charge is 0.332 e. The van der Waals surface area contributed by atoms with Gasteiger partial charge in [-0.3, -0.25) is 0 Å².